The van der Waals surface area contributed by atoms with Crippen molar-refractivity contribution in [1.82, 2.24) is 0 Å². The third-order valence-electron chi connectivity index (χ3n) is 4.59. The fraction of sp³-hybridized carbons (Fsp3) is 0.300. The van der Waals surface area contributed by atoms with E-state index in [4.69, 9.17) is 23.2 Å². The highest BCUT2D eigenvalue weighted by Crippen LogP contribution is 2.41. The maximum Gasteiger partial charge on any atom is 0.228 e. The van der Waals surface area contributed by atoms with E-state index < -0.39 is 0 Å². The quantitative estimate of drug-likeness (QED) is 0.759. The standard InChI is InChI=1S/C20H20Cl2N2O2/c1-10-6-12(3)18(16(22)7-10)24-20(26)15-9-14(15)19(25)23-17-5-4-13(21)8-11(17)2/h4-8,14-15H,9H2,1-3H3,(H,23,25)(H,24,26). The van der Waals surface area contributed by atoms with E-state index in [0.717, 1.165) is 16.7 Å². The molecule has 6 heteroatoms. The lowest BCUT2D eigenvalue weighted by Crippen LogP contribution is -2.21. The number of anilines is 2. The lowest BCUT2D eigenvalue weighted by Gasteiger charge is -2.12. The van der Waals surface area contributed by atoms with Crippen molar-refractivity contribution < 1.29 is 9.59 Å². The van der Waals surface area contributed by atoms with Gasteiger partial charge in [0.15, 0.2) is 0 Å². The van der Waals surface area contributed by atoms with Crippen LogP contribution in [0.25, 0.3) is 0 Å². The molecule has 0 aromatic heterocycles. The Morgan fingerprint density at radius 3 is 2.19 bits per heavy atom. The van der Waals surface area contributed by atoms with Gasteiger partial charge < -0.3 is 10.6 Å². The Kier molecular flexibility index (Phi) is 5.26. The van der Waals surface area contributed by atoms with E-state index in [1.807, 2.05) is 32.9 Å². The van der Waals surface area contributed by atoms with E-state index in [1.165, 1.54) is 0 Å². The van der Waals surface area contributed by atoms with Gasteiger partial charge in [0.1, 0.15) is 0 Å². The monoisotopic (exact) mass is 390 g/mol. The van der Waals surface area contributed by atoms with Crippen LogP contribution in [0.3, 0.4) is 0 Å². The van der Waals surface area contributed by atoms with E-state index in [2.05, 4.69) is 10.6 Å². The van der Waals surface area contributed by atoms with Gasteiger partial charge in [0.2, 0.25) is 11.8 Å². The zero-order valence-electron chi connectivity index (χ0n) is 14.8. The van der Waals surface area contributed by atoms with Gasteiger partial charge in [0.05, 0.1) is 22.5 Å². The Morgan fingerprint density at radius 1 is 0.923 bits per heavy atom. The summed E-state index contributed by atoms with van der Waals surface area (Å²) < 4.78 is 0. The molecule has 0 saturated heterocycles. The highest BCUT2D eigenvalue weighted by Gasteiger charge is 2.48. The highest BCUT2D eigenvalue weighted by molar-refractivity contribution is 6.34. The summed E-state index contributed by atoms with van der Waals surface area (Å²) >= 11 is 12.2. The molecule has 0 bridgehead atoms. The second-order valence-electron chi connectivity index (χ2n) is 6.83. The first-order valence-electron chi connectivity index (χ1n) is 8.41. The van der Waals surface area contributed by atoms with Crippen molar-refractivity contribution >= 4 is 46.4 Å². The van der Waals surface area contributed by atoms with Crippen molar-refractivity contribution in [3.05, 3.63) is 57.1 Å². The normalized spacial score (nSPS) is 18.3. The van der Waals surface area contributed by atoms with Crippen LogP contribution in [0.4, 0.5) is 11.4 Å². The molecule has 2 N–H and O–H groups in total. The van der Waals surface area contributed by atoms with Crippen LogP contribution < -0.4 is 10.6 Å². The molecule has 1 aliphatic carbocycles. The smallest absolute Gasteiger partial charge is 0.228 e. The van der Waals surface area contributed by atoms with Gasteiger partial charge in [0, 0.05) is 10.7 Å². The van der Waals surface area contributed by atoms with Crippen LogP contribution in [0.15, 0.2) is 30.3 Å². The average molecular weight is 391 g/mol. The number of amides is 2. The van der Waals surface area contributed by atoms with Crippen LogP contribution in [0.2, 0.25) is 10.0 Å². The van der Waals surface area contributed by atoms with Crippen LogP contribution in [0.5, 0.6) is 0 Å². The number of aryl methyl sites for hydroxylation is 3. The lowest BCUT2D eigenvalue weighted by molar-refractivity contribution is -0.122. The number of nitrogens with one attached hydrogen (secondary N) is 2. The van der Waals surface area contributed by atoms with E-state index in [-0.39, 0.29) is 23.7 Å². The summed E-state index contributed by atoms with van der Waals surface area (Å²) in [4.78, 5) is 24.9. The number of carbonyl (C=O) groups is 2. The molecule has 0 radical (unpaired) electrons. The van der Waals surface area contributed by atoms with Gasteiger partial charge in [-0.05, 0) is 68.1 Å². The highest BCUT2D eigenvalue weighted by atomic mass is 35.5. The maximum absolute atomic E-state index is 12.5. The molecule has 4 nitrogen and oxygen atoms in total. The summed E-state index contributed by atoms with van der Waals surface area (Å²) in [6.45, 7) is 5.72. The fourth-order valence-electron chi connectivity index (χ4n) is 3.06. The van der Waals surface area contributed by atoms with Crippen molar-refractivity contribution in [2.24, 2.45) is 11.8 Å². The van der Waals surface area contributed by atoms with E-state index in [1.54, 1.807) is 18.2 Å². The molecule has 26 heavy (non-hydrogen) atoms. The van der Waals surface area contributed by atoms with Gasteiger partial charge in [0.25, 0.3) is 0 Å². The molecule has 2 aromatic rings. The number of hydrogen-bond acceptors (Lipinski definition) is 2. The SMILES string of the molecule is Cc1cc(C)c(NC(=O)C2CC2C(=O)Nc2ccc(Cl)cc2C)c(Cl)c1. The first kappa shape index (κ1) is 18.7. The third kappa shape index (κ3) is 4.02. The number of benzene rings is 2. The summed E-state index contributed by atoms with van der Waals surface area (Å²) in [5, 5.41) is 6.87. The summed E-state index contributed by atoms with van der Waals surface area (Å²) in [5.41, 5.74) is 4.15. The van der Waals surface area contributed by atoms with Crippen LogP contribution in [-0.2, 0) is 9.59 Å². The van der Waals surface area contributed by atoms with Crippen LogP contribution in [0, 0.1) is 32.6 Å². The minimum atomic E-state index is -0.334. The summed E-state index contributed by atoms with van der Waals surface area (Å²) in [6, 6.07) is 9.05. The molecule has 0 heterocycles. The predicted octanol–water partition coefficient (Wildman–Crippen LogP) is 5.13. The molecule has 0 spiro atoms. The molecule has 2 atom stereocenters. The lowest BCUT2D eigenvalue weighted by atomic mass is 10.1. The molecule has 2 aromatic carbocycles. The molecule has 136 valence electrons. The minimum Gasteiger partial charge on any atom is -0.326 e. The molecular formula is C20H20Cl2N2O2. The molecule has 0 aliphatic heterocycles. The van der Waals surface area contributed by atoms with E-state index >= 15 is 0 Å². The molecule has 2 unspecified atom stereocenters. The summed E-state index contributed by atoms with van der Waals surface area (Å²) in [5.74, 6) is -0.983. The minimum absolute atomic E-state index is 0.151. The summed E-state index contributed by atoms with van der Waals surface area (Å²) in [7, 11) is 0. The Morgan fingerprint density at radius 2 is 1.58 bits per heavy atom. The van der Waals surface area contributed by atoms with E-state index in [0.29, 0.717) is 27.8 Å². The molecule has 1 saturated carbocycles. The zero-order valence-corrected chi connectivity index (χ0v) is 16.3. The van der Waals surface area contributed by atoms with Crippen LogP contribution in [-0.4, -0.2) is 11.8 Å². The molecular weight excluding hydrogens is 371 g/mol. The van der Waals surface area contributed by atoms with Gasteiger partial charge in [-0.3, -0.25) is 9.59 Å². The predicted molar refractivity (Wildman–Crippen MR) is 106 cm³/mol. The largest absolute Gasteiger partial charge is 0.326 e. The Labute approximate surface area is 162 Å². The molecule has 3 rings (SSSR count). The average Bonchev–Trinajstić information content (AvgIpc) is 3.34. The van der Waals surface area contributed by atoms with Crippen molar-refractivity contribution in [3.63, 3.8) is 0 Å². The van der Waals surface area contributed by atoms with Crippen LogP contribution in [0.1, 0.15) is 23.1 Å². The molecule has 1 fully saturated rings. The van der Waals surface area contributed by atoms with E-state index in [9.17, 15) is 9.59 Å². The van der Waals surface area contributed by atoms with Gasteiger partial charge in [-0.1, -0.05) is 29.3 Å². The Balaban J connectivity index is 1.63. The second-order valence-corrected chi connectivity index (χ2v) is 7.67. The number of carbonyl (C=O) groups excluding carboxylic acids is 2. The van der Waals surface area contributed by atoms with Crippen molar-refractivity contribution in [2.45, 2.75) is 27.2 Å². The van der Waals surface area contributed by atoms with Crippen molar-refractivity contribution in [1.29, 1.82) is 0 Å². The number of hydrogen-bond donors (Lipinski definition) is 2. The van der Waals surface area contributed by atoms with Gasteiger partial charge in [-0.2, -0.15) is 0 Å². The topological polar surface area (TPSA) is 58.2 Å². The van der Waals surface area contributed by atoms with Gasteiger partial charge in [-0.15, -0.1) is 0 Å². The maximum atomic E-state index is 12.5. The zero-order chi connectivity index (χ0) is 19.0. The Hall–Kier alpha value is -2.04. The third-order valence-corrected chi connectivity index (χ3v) is 5.12. The van der Waals surface area contributed by atoms with Crippen LogP contribution >= 0.6 is 23.2 Å². The number of halogens is 2. The number of rotatable bonds is 4. The van der Waals surface area contributed by atoms with Gasteiger partial charge >= 0.3 is 0 Å². The first-order valence-corrected chi connectivity index (χ1v) is 9.16. The van der Waals surface area contributed by atoms with Crippen molar-refractivity contribution in [2.75, 3.05) is 10.6 Å². The fourth-order valence-corrected chi connectivity index (χ4v) is 3.65. The second kappa shape index (κ2) is 7.29. The Bertz CT molecular complexity index is 872. The van der Waals surface area contributed by atoms with Gasteiger partial charge in [-0.25, -0.2) is 0 Å². The first-order chi connectivity index (χ1) is 12.3. The molecule has 1 aliphatic rings. The molecule has 2 amide bonds. The summed E-state index contributed by atoms with van der Waals surface area (Å²) in [6.07, 6.45) is 0.535. The van der Waals surface area contributed by atoms with Crippen molar-refractivity contribution in [3.8, 4) is 0 Å².